The van der Waals surface area contributed by atoms with E-state index in [9.17, 15) is 28.3 Å². The highest BCUT2D eigenvalue weighted by atomic mass is 32.2. The van der Waals surface area contributed by atoms with Gasteiger partial charge in [0.05, 0.1) is 13.2 Å². The van der Waals surface area contributed by atoms with E-state index < -0.39 is 10.1 Å². The van der Waals surface area contributed by atoms with Gasteiger partial charge in [0, 0.05) is 42.9 Å². The van der Waals surface area contributed by atoms with E-state index in [1.165, 1.54) is 6.07 Å². The molecule has 0 aromatic heterocycles. The van der Waals surface area contributed by atoms with Crippen molar-refractivity contribution in [3.05, 3.63) is 89.5 Å². The molecule has 0 radical (unpaired) electrons. The molecule has 0 unspecified atom stereocenters. The Bertz CT molecular complexity index is 1260. The average molecular weight is 528 g/mol. The maximum atomic E-state index is 12.3. The van der Waals surface area contributed by atoms with Gasteiger partial charge in [0.15, 0.2) is 12.3 Å². The fourth-order valence-electron chi connectivity index (χ4n) is 4.43. The van der Waals surface area contributed by atoms with Crippen LogP contribution in [0, 0.1) is 0 Å². The molecule has 0 amide bonds. The summed E-state index contributed by atoms with van der Waals surface area (Å²) in [6.07, 6.45) is 8.62. The molecule has 37 heavy (non-hydrogen) atoms. The van der Waals surface area contributed by atoms with Crippen LogP contribution in [0.1, 0.15) is 24.5 Å². The summed E-state index contributed by atoms with van der Waals surface area (Å²) in [5.74, 6) is 0. The van der Waals surface area contributed by atoms with Gasteiger partial charge in [0.2, 0.25) is 0 Å². The van der Waals surface area contributed by atoms with Gasteiger partial charge in [-0.3, -0.25) is 4.55 Å². The molecule has 0 heterocycles. The monoisotopic (exact) mass is 527 g/mol. The van der Waals surface area contributed by atoms with Crippen LogP contribution in [0.25, 0.3) is 5.57 Å². The van der Waals surface area contributed by atoms with Gasteiger partial charge < -0.3 is 20.2 Å². The zero-order valence-corrected chi connectivity index (χ0v) is 21.8. The lowest BCUT2D eigenvalue weighted by molar-refractivity contribution is -0.528. The summed E-state index contributed by atoms with van der Waals surface area (Å²) >= 11 is 0. The lowest BCUT2D eigenvalue weighted by Gasteiger charge is -2.23. The molecule has 0 bridgehead atoms. The standard InChI is InChI=1S/C28H34N2O6S/c1-2-15-29(16-19-31)24-11-7-22(8-12-24)28(26-5-3-4-6-27(26)37(34,35)36)23-9-13-25(14-10-23)30(17-20-32)18-21-33/h3-14,31-33H,2,15-21H2,1H3/p+1. The first-order chi connectivity index (χ1) is 17.8. The van der Waals surface area contributed by atoms with E-state index in [-0.39, 0.29) is 24.7 Å². The molecule has 0 spiro atoms. The number of anilines is 1. The number of nitrogens with zero attached hydrogens (tertiary/aromatic N) is 2. The lowest BCUT2D eigenvalue weighted by Crippen LogP contribution is -2.29. The fraction of sp³-hybridized carbons (Fsp3) is 0.321. The van der Waals surface area contributed by atoms with Crippen LogP contribution in [-0.2, 0) is 10.1 Å². The molecule has 9 heteroatoms. The van der Waals surface area contributed by atoms with E-state index in [1.54, 1.807) is 18.2 Å². The second-order valence-corrected chi connectivity index (χ2v) is 9.97. The van der Waals surface area contributed by atoms with Gasteiger partial charge in [-0.15, -0.1) is 0 Å². The SMILES string of the molecule is CCC[N+](CCO)=C1C=CC(=C(c2ccc(N(CCO)CCO)cc2)c2ccccc2S(=O)(=O)O)C=C1. The van der Waals surface area contributed by atoms with Crippen LogP contribution >= 0.6 is 0 Å². The topological polar surface area (TPSA) is 121 Å². The normalized spacial score (nSPS) is 13.2. The van der Waals surface area contributed by atoms with E-state index in [4.69, 9.17) is 0 Å². The highest BCUT2D eigenvalue weighted by molar-refractivity contribution is 7.86. The quantitative estimate of drug-likeness (QED) is 0.247. The number of hydrogen-bond donors (Lipinski definition) is 4. The first-order valence-electron chi connectivity index (χ1n) is 12.3. The number of aliphatic hydroxyl groups is 3. The van der Waals surface area contributed by atoms with E-state index in [1.807, 2.05) is 53.5 Å². The van der Waals surface area contributed by atoms with Crippen molar-refractivity contribution < 1.29 is 32.9 Å². The molecule has 3 rings (SSSR count). The Morgan fingerprint density at radius 3 is 2.00 bits per heavy atom. The molecule has 1 aliphatic rings. The van der Waals surface area contributed by atoms with Crippen LogP contribution in [0.5, 0.6) is 0 Å². The van der Waals surface area contributed by atoms with Crippen LogP contribution < -0.4 is 4.90 Å². The highest BCUT2D eigenvalue weighted by Gasteiger charge is 2.22. The predicted octanol–water partition coefficient (Wildman–Crippen LogP) is 2.51. The van der Waals surface area contributed by atoms with Gasteiger partial charge in [-0.05, 0) is 47.1 Å². The van der Waals surface area contributed by atoms with Crippen molar-refractivity contribution in [1.29, 1.82) is 0 Å². The maximum absolute atomic E-state index is 12.3. The molecule has 8 nitrogen and oxygen atoms in total. The van der Waals surface area contributed by atoms with Crippen molar-refractivity contribution in [3.8, 4) is 0 Å². The second kappa shape index (κ2) is 13.5. The van der Waals surface area contributed by atoms with Crippen LogP contribution in [0.4, 0.5) is 5.69 Å². The number of hydrogen-bond acceptors (Lipinski definition) is 6. The summed E-state index contributed by atoms with van der Waals surface area (Å²) in [6.45, 7) is 4.03. The lowest BCUT2D eigenvalue weighted by atomic mass is 9.90. The maximum Gasteiger partial charge on any atom is 0.295 e. The van der Waals surface area contributed by atoms with Crippen molar-refractivity contribution in [1.82, 2.24) is 0 Å². The van der Waals surface area contributed by atoms with Crippen LogP contribution in [0.3, 0.4) is 0 Å². The number of aliphatic hydroxyl groups excluding tert-OH is 3. The fourth-order valence-corrected chi connectivity index (χ4v) is 5.12. The number of rotatable bonds is 12. The van der Waals surface area contributed by atoms with Gasteiger partial charge in [-0.25, -0.2) is 4.58 Å². The van der Waals surface area contributed by atoms with Crippen molar-refractivity contribution in [3.63, 3.8) is 0 Å². The second-order valence-electron chi connectivity index (χ2n) is 8.58. The van der Waals surface area contributed by atoms with E-state index in [2.05, 4.69) is 11.5 Å². The van der Waals surface area contributed by atoms with Gasteiger partial charge in [-0.2, -0.15) is 8.42 Å². The summed E-state index contributed by atoms with van der Waals surface area (Å²) < 4.78 is 36.5. The Morgan fingerprint density at radius 1 is 0.838 bits per heavy atom. The molecule has 198 valence electrons. The molecule has 0 aliphatic heterocycles. The van der Waals surface area contributed by atoms with Gasteiger partial charge in [0.1, 0.15) is 18.0 Å². The van der Waals surface area contributed by atoms with E-state index in [0.717, 1.165) is 35.5 Å². The van der Waals surface area contributed by atoms with Crippen LogP contribution in [0.2, 0.25) is 0 Å². The molecule has 0 saturated heterocycles. The third-order valence-electron chi connectivity index (χ3n) is 6.08. The third kappa shape index (κ3) is 7.24. The number of benzene rings is 2. The third-order valence-corrected chi connectivity index (χ3v) is 6.99. The van der Waals surface area contributed by atoms with Crippen molar-refractivity contribution in [2.24, 2.45) is 0 Å². The first kappa shape index (κ1) is 28.5. The minimum Gasteiger partial charge on any atom is -0.395 e. The molecule has 0 atom stereocenters. The zero-order chi connectivity index (χ0) is 26.8. The van der Waals surface area contributed by atoms with Crippen LogP contribution in [0.15, 0.2) is 83.3 Å². The molecule has 0 fully saturated rings. The van der Waals surface area contributed by atoms with E-state index in [0.29, 0.717) is 30.8 Å². The van der Waals surface area contributed by atoms with E-state index >= 15 is 0 Å². The Hall–Kier alpha value is -3.08. The Morgan fingerprint density at radius 2 is 1.46 bits per heavy atom. The molecular formula is C28H35N2O6S+. The van der Waals surface area contributed by atoms with Crippen LogP contribution in [-0.4, -0.2) is 84.6 Å². The first-order valence-corrected chi connectivity index (χ1v) is 13.7. The molecule has 4 N–H and O–H groups in total. The molecule has 0 saturated carbocycles. The summed E-state index contributed by atoms with van der Waals surface area (Å²) in [5.41, 5.74) is 4.25. The van der Waals surface area contributed by atoms with Crippen molar-refractivity contribution in [2.75, 3.05) is 50.9 Å². The Balaban J connectivity index is 2.18. The number of allylic oxidation sites excluding steroid dienone is 5. The van der Waals surface area contributed by atoms with Crippen molar-refractivity contribution in [2.45, 2.75) is 18.2 Å². The Kier molecular flexibility index (Phi) is 10.4. The predicted molar refractivity (Wildman–Crippen MR) is 146 cm³/mol. The minimum absolute atomic E-state index is 0.0385. The Labute approximate surface area is 218 Å². The minimum atomic E-state index is -4.49. The van der Waals surface area contributed by atoms with Crippen molar-refractivity contribution >= 4 is 27.1 Å². The molecule has 1 aliphatic carbocycles. The molecule has 2 aromatic rings. The van der Waals surface area contributed by atoms with Gasteiger partial charge >= 0.3 is 0 Å². The molecule has 2 aromatic carbocycles. The summed E-state index contributed by atoms with van der Waals surface area (Å²) in [6, 6.07) is 13.8. The van der Waals surface area contributed by atoms with Gasteiger partial charge in [0.25, 0.3) is 10.1 Å². The average Bonchev–Trinajstić information content (AvgIpc) is 2.89. The smallest absolute Gasteiger partial charge is 0.295 e. The summed E-state index contributed by atoms with van der Waals surface area (Å²) in [7, 11) is -4.49. The van der Waals surface area contributed by atoms with Gasteiger partial charge in [-0.1, -0.05) is 37.3 Å². The summed E-state index contributed by atoms with van der Waals surface area (Å²) in [5, 5.41) is 28.2. The highest BCUT2D eigenvalue weighted by Crippen LogP contribution is 2.34. The zero-order valence-electron chi connectivity index (χ0n) is 21.0. The molecular weight excluding hydrogens is 492 g/mol. The largest absolute Gasteiger partial charge is 0.395 e. The summed E-state index contributed by atoms with van der Waals surface area (Å²) in [4.78, 5) is 1.67.